The third kappa shape index (κ3) is 2.95. The average Bonchev–Trinajstić information content (AvgIpc) is 2.97. The number of aliphatic carboxylic acids is 1. The third-order valence-electron chi connectivity index (χ3n) is 4.15. The van der Waals surface area contributed by atoms with Crippen molar-refractivity contribution < 1.29 is 29.3 Å². The monoisotopic (exact) mass is 355 g/mol. The molecular weight excluding hydrogens is 338 g/mol. The first kappa shape index (κ1) is 17.3. The van der Waals surface area contributed by atoms with E-state index in [1.54, 1.807) is 24.3 Å². The first-order chi connectivity index (χ1) is 12.5. The summed E-state index contributed by atoms with van der Waals surface area (Å²) in [5.74, 6) is -1.12. The number of methoxy groups -OCH3 is 2. The van der Waals surface area contributed by atoms with Gasteiger partial charge in [0.15, 0.2) is 11.5 Å². The van der Waals surface area contributed by atoms with Crippen LogP contribution in [0.4, 0.5) is 0 Å². The Bertz CT molecular complexity index is 1000. The maximum Gasteiger partial charge on any atom is 0.335 e. The molecule has 0 aliphatic rings. The van der Waals surface area contributed by atoms with Crippen LogP contribution >= 0.6 is 0 Å². The van der Waals surface area contributed by atoms with Crippen LogP contribution in [-0.4, -0.2) is 41.4 Å². The summed E-state index contributed by atoms with van der Waals surface area (Å²) in [7, 11) is 3.02. The highest BCUT2D eigenvalue weighted by molar-refractivity contribution is 5.99. The lowest BCUT2D eigenvalue weighted by molar-refractivity contribution is -0.136. The number of para-hydroxylation sites is 1. The van der Waals surface area contributed by atoms with Crippen molar-refractivity contribution in [2.24, 2.45) is 0 Å². The van der Waals surface area contributed by atoms with Gasteiger partial charge in [0.1, 0.15) is 0 Å². The summed E-state index contributed by atoms with van der Waals surface area (Å²) in [5.41, 5.74) is 2.41. The molecule has 0 radical (unpaired) electrons. The van der Waals surface area contributed by atoms with E-state index in [4.69, 9.17) is 9.47 Å². The number of H-pyrrole nitrogens is 1. The number of benzene rings is 2. The van der Waals surface area contributed by atoms with E-state index in [0.29, 0.717) is 39.2 Å². The molecule has 3 rings (SSSR count). The van der Waals surface area contributed by atoms with Crippen LogP contribution in [-0.2, 0) is 11.2 Å². The van der Waals surface area contributed by atoms with E-state index in [-0.39, 0.29) is 12.0 Å². The number of aromatic nitrogens is 1. The molecule has 0 atom stereocenters. The number of aromatic amines is 1. The lowest BCUT2D eigenvalue weighted by Crippen LogP contribution is -2.02. The maximum absolute atomic E-state index is 11.4. The molecule has 1 aromatic heterocycles. The van der Waals surface area contributed by atoms with Gasteiger partial charge in [-0.05, 0) is 35.9 Å². The van der Waals surface area contributed by atoms with E-state index >= 15 is 0 Å². The second-order valence-corrected chi connectivity index (χ2v) is 5.66. The summed E-state index contributed by atoms with van der Waals surface area (Å²) in [4.78, 5) is 25.9. The van der Waals surface area contributed by atoms with Crippen molar-refractivity contribution in [2.75, 3.05) is 14.2 Å². The fourth-order valence-electron chi connectivity index (χ4n) is 3.03. The number of fused-ring (bicyclic) bond motifs is 1. The van der Waals surface area contributed by atoms with Gasteiger partial charge >= 0.3 is 11.9 Å². The molecule has 7 heteroatoms. The van der Waals surface area contributed by atoms with Gasteiger partial charge in [-0.3, -0.25) is 4.79 Å². The van der Waals surface area contributed by atoms with Crippen LogP contribution in [0, 0.1) is 0 Å². The standard InChI is InChI=1S/C19H17NO6/c1-25-15-5-3-4-11(18(15)26-2)17-13(9-16(21)22)12-8-10(19(23)24)6-7-14(12)20-17/h3-8,20H,9H2,1-2H3,(H,21,22)(H,23,24). The lowest BCUT2D eigenvalue weighted by atomic mass is 10.0. The summed E-state index contributed by atoms with van der Waals surface area (Å²) in [6, 6.07) is 9.87. The summed E-state index contributed by atoms with van der Waals surface area (Å²) in [6.07, 6.45) is -0.265. The highest BCUT2D eigenvalue weighted by Crippen LogP contribution is 2.41. The summed E-state index contributed by atoms with van der Waals surface area (Å²) >= 11 is 0. The van der Waals surface area contributed by atoms with Crippen molar-refractivity contribution >= 4 is 22.8 Å². The van der Waals surface area contributed by atoms with E-state index < -0.39 is 11.9 Å². The van der Waals surface area contributed by atoms with Crippen LogP contribution in [0.3, 0.4) is 0 Å². The van der Waals surface area contributed by atoms with E-state index in [1.807, 2.05) is 0 Å². The molecule has 134 valence electrons. The van der Waals surface area contributed by atoms with Gasteiger partial charge in [0.05, 0.1) is 31.9 Å². The van der Waals surface area contributed by atoms with Gasteiger partial charge < -0.3 is 24.7 Å². The Kier molecular flexibility index (Phi) is 4.53. The Balaban J connectivity index is 2.32. The van der Waals surface area contributed by atoms with E-state index in [9.17, 15) is 19.8 Å². The highest BCUT2D eigenvalue weighted by atomic mass is 16.5. The topological polar surface area (TPSA) is 109 Å². The SMILES string of the molecule is COc1cccc(-c2[nH]c3ccc(C(=O)O)cc3c2CC(=O)O)c1OC. The Morgan fingerprint density at radius 1 is 1.08 bits per heavy atom. The predicted molar refractivity (Wildman–Crippen MR) is 95.1 cm³/mol. The first-order valence-electron chi connectivity index (χ1n) is 7.77. The smallest absolute Gasteiger partial charge is 0.335 e. The molecule has 0 saturated heterocycles. The fraction of sp³-hybridized carbons (Fsp3) is 0.158. The molecule has 0 saturated carbocycles. The van der Waals surface area contributed by atoms with Crippen LogP contribution in [0.1, 0.15) is 15.9 Å². The van der Waals surface area contributed by atoms with E-state index in [0.717, 1.165) is 0 Å². The molecule has 3 aromatic rings. The van der Waals surface area contributed by atoms with Gasteiger partial charge in [-0.15, -0.1) is 0 Å². The number of hydrogen-bond donors (Lipinski definition) is 3. The molecule has 1 heterocycles. The zero-order valence-electron chi connectivity index (χ0n) is 14.2. The van der Waals surface area contributed by atoms with Crippen molar-refractivity contribution in [1.29, 1.82) is 0 Å². The number of nitrogens with one attached hydrogen (secondary N) is 1. The number of carboxylic acids is 2. The minimum atomic E-state index is -1.07. The van der Waals surface area contributed by atoms with Crippen molar-refractivity contribution in [3.05, 3.63) is 47.5 Å². The van der Waals surface area contributed by atoms with E-state index in [1.165, 1.54) is 26.4 Å². The lowest BCUT2D eigenvalue weighted by Gasteiger charge is -2.12. The maximum atomic E-state index is 11.4. The molecule has 0 fully saturated rings. The first-order valence-corrected chi connectivity index (χ1v) is 7.77. The van der Waals surface area contributed by atoms with Crippen LogP contribution < -0.4 is 9.47 Å². The average molecular weight is 355 g/mol. The summed E-state index contributed by atoms with van der Waals surface area (Å²) < 4.78 is 10.8. The number of carboxylic acid groups (broad SMARTS) is 2. The molecule has 0 unspecified atom stereocenters. The zero-order valence-corrected chi connectivity index (χ0v) is 14.2. The van der Waals surface area contributed by atoms with Crippen LogP contribution in [0.5, 0.6) is 11.5 Å². The van der Waals surface area contributed by atoms with Gasteiger partial charge in [-0.2, -0.15) is 0 Å². The number of carbonyl (C=O) groups is 2. The normalized spacial score (nSPS) is 10.7. The van der Waals surface area contributed by atoms with Gasteiger partial charge in [0.2, 0.25) is 0 Å². The van der Waals surface area contributed by atoms with Crippen molar-refractivity contribution in [1.82, 2.24) is 4.98 Å². The van der Waals surface area contributed by atoms with Gasteiger partial charge in [0.25, 0.3) is 0 Å². The quantitative estimate of drug-likeness (QED) is 0.627. The van der Waals surface area contributed by atoms with Crippen LogP contribution in [0.25, 0.3) is 22.2 Å². The minimum Gasteiger partial charge on any atom is -0.493 e. The predicted octanol–water partition coefficient (Wildman–Crippen LogP) is 3.18. The molecule has 2 aromatic carbocycles. The van der Waals surface area contributed by atoms with Crippen molar-refractivity contribution in [3.63, 3.8) is 0 Å². The summed E-state index contributed by atoms with van der Waals surface area (Å²) in [5, 5.41) is 19.1. The number of ether oxygens (including phenoxy) is 2. The molecule has 0 aliphatic heterocycles. The second-order valence-electron chi connectivity index (χ2n) is 5.66. The number of rotatable bonds is 6. The Morgan fingerprint density at radius 3 is 2.46 bits per heavy atom. The van der Waals surface area contributed by atoms with Crippen molar-refractivity contribution in [2.45, 2.75) is 6.42 Å². The minimum absolute atomic E-state index is 0.0901. The molecule has 7 nitrogen and oxygen atoms in total. The van der Waals surface area contributed by atoms with Crippen LogP contribution in [0.15, 0.2) is 36.4 Å². The zero-order chi connectivity index (χ0) is 18.8. The Morgan fingerprint density at radius 2 is 1.85 bits per heavy atom. The summed E-state index contributed by atoms with van der Waals surface area (Å²) in [6.45, 7) is 0. The van der Waals surface area contributed by atoms with Crippen LogP contribution in [0.2, 0.25) is 0 Å². The molecule has 0 spiro atoms. The third-order valence-corrected chi connectivity index (χ3v) is 4.15. The fourth-order valence-corrected chi connectivity index (χ4v) is 3.03. The Labute approximate surface area is 148 Å². The molecule has 0 bridgehead atoms. The highest BCUT2D eigenvalue weighted by Gasteiger charge is 2.21. The molecule has 26 heavy (non-hydrogen) atoms. The second kappa shape index (κ2) is 6.79. The van der Waals surface area contributed by atoms with E-state index in [2.05, 4.69) is 4.98 Å². The van der Waals surface area contributed by atoms with Gasteiger partial charge in [-0.1, -0.05) is 6.07 Å². The largest absolute Gasteiger partial charge is 0.493 e. The number of hydrogen-bond acceptors (Lipinski definition) is 4. The molecule has 0 aliphatic carbocycles. The molecule has 0 amide bonds. The Hall–Kier alpha value is -3.48. The van der Waals surface area contributed by atoms with Crippen molar-refractivity contribution in [3.8, 4) is 22.8 Å². The van der Waals surface area contributed by atoms with Gasteiger partial charge in [0, 0.05) is 16.5 Å². The number of aromatic carboxylic acids is 1. The molecular formula is C19H17NO6. The van der Waals surface area contributed by atoms with Gasteiger partial charge in [-0.25, -0.2) is 4.79 Å². The molecule has 3 N–H and O–H groups in total.